The zero-order valence-corrected chi connectivity index (χ0v) is 12.6. The van der Waals surface area contributed by atoms with Crippen LogP contribution in [-0.4, -0.2) is 45.1 Å². The minimum absolute atomic E-state index is 0. The standard InChI is InChI=1S/C14H22N2O2.ClH/c1-15-10-8-14(17)16(2)11-9-12-6-4-5-7-13(12)18-3;/h4-7,15H,8-11H2,1-3H3;1H. The fourth-order valence-electron chi connectivity index (χ4n) is 1.75. The number of hydrogen-bond donors (Lipinski definition) is 1. The molecule has 1 rings (SSSR count). The van der Waals surface area contributed by atoms with E-state index in [9.17, 15) is 4.79 Å². The number of benzene rings is 1. The van der Waals surface area contributed by atoms with Crippen molar-refractivity contribution in [3.05, 3.63) is 29.8 Å². The van der Waals surface area contributed by atoms with Gasteiger partial charge in [0.1, 0.15) is 5.75 Å². The Kier molecular flexibility index (Phi) is 9.00. The molecule has 0 spiro atoms. The van der Waals surface area contributed by atoms with Crippen LogP contribution >= 0.6 is 12.4 Å². The van der Waals surface area contributed by atoms with Gasteiger partial charge in [-0.05, 0) is 25.1 Å². The Morgan fingerprint density at radius 2 is 2.05 bits per heavy atom. The van der Waals surface area contributed by atoms with Crippen LogP contribution in [0.4, 0.5) is 0 Å². The Morgan fingerprint density at radius 3 is 2.68 bits per heavy atom. The molecule has 0 radical (unpaired) electrons. The number of para-hydroxylation sites is 1. The van der Waals surface area contributed by atoms with Crippen molar-refractivity contribution in [3.8, 4) is 5.75 Å². The number of ether oxygens (including phenoxy) is 1. The van der Waals surface area contributed by atoms with Gasteiger partial charge in [-0.25, -0.2) is 0 Å². The first-order chi connectivity index (χ1) is 8.69. The lowest BCUT2D eigenvalue weighted by Crippen LogP contribution is -2.30. The Bertz CT molecular complexity index is 385. The fraction of sp³-hybridized carbons (Fsp3) is 0.500. The van der Waals surface area contributed by atoms with Crippen molar-refractivity contribution in [1.29, 1.82) is 0 Å². The Labute approximate surface area is 121 Å². The summed E-state index contributed by atoms with van der Waals surface area (Å²) >= 11 is 0. The third-order valence-corrected chi connectivity index (χ3v) is 2.92. The summed E-state index contributed by atoms with van der Waals surface area (Å²) in [6, 6.07) is 7.91. The molecule has 0 atom stereocenters. The lowest BCUT2D eigenvalue weighted by Gasteiger charge is -2.18. The van der Waals surface area contributed by atoms with Crippen molar-refractivity contribution in [2.24, 2.45) is 0 Å². The van der Waals surface area contributed by atoms with Gasteiger partial charge >= 0.3 is 0 Å². The van der Waals surface area contributed by atoms with Crippen molar-refractivity contribution in [3.63, 3.8) is 0 Å². The van der Waals surface area contributed by atoms with E-state index >= 15 is 0 Å². The molecule has 19 heavy (non-hydrogen) atoms. The van der Waals surface area contributed by atoms with Gasteiger partial charge in [-0.1, -0.05) is 18.2 Å². The van der Waals surface area contributed by atoms with Crippen LogP contribution in [0, 0.1) is 0 Å². The summed E-state index contributed by atoms with van der Waals surface area (Å²) in [5.74, 6) is 1.05. The molecule has 0 heterocycles. The maximum Gasteiger partial charge on any atom is 0.223 e. The van der Waals surface area contributed by atoms with E-state index in [0.29, 0.717) is 13.0 Å². The van der Waals surface area contributed by atoms with Gasteiger partial charge in [0, 0.05) is 26.6 Å². The van der Waals surface area contributed by atoms with Crippen LogP contribution in [0.1, 0.15) is 12.0 Å². The maximum absolute atomic E-state index is 11.7. The summed E-state index contributed by atoms with van der Waals surface area (Å²) in [6.07, 6.45) is 1.35. The molecule has 0 unspecified atom stereocenters. The molecule has 0 saturated carbocycles. The summed E-state index contributed by atoms with van der Waals surface area (Å²) in [6.45, 7) is 1.43. The Morgan fingerprint density at radius 1 is 1.37 bits per heavy atom. The van der Waals surface area contributed by atoms with Crippen molar-refractivity contribution in [1.82, 2.24) is 10.2 Å². The van der Waals surface area contributed by atoms with Gasteiger partial charge in [-0.2, -0.15) is 0 Å². The average molecular weight is 287 g/mol. The molecule has 1 aromatic rings. The minimum atomic E-state index is 0. The third kappa shape index (κ3) is 5.94. The monoisotopic (exact) mass is 286 g/mol. The van der Waals surface area contributed by atoms with Crippen LogP contribution in [0.3, 0.4) is 0 Å². The van der Waals surface area contributed by atoms with Gasteiger partial charge in [-0.15, -0.1) is 12.4 Å². The minimum Gasteiger partial charge on any atom is -0.496 e. The number of likely N-dealkylation sites (N-methyl/N-ethyl adjacent to an activating group) is 1. The highest BCUT2D eigenvalue weighted by atomic mass is 35.5. The summed E-state index contributed by atoms with van der Waals surface area (Å²) < 4.78 is 5.29. The summed E-state index contributed by atoms with van der Waals surface area (Å²) in [4.78, 5) is 13.5. The van der Waals surface area contributed by atoms with Crippen molar-refractivity contribution in [2.75, 3.05) is 34.3 Å². The van der Waals surface area contributed by atoms with E-state index in [1.165, 1.54) is 0 Å². The van der Waals surface area contributed by atoms with E-state index in [-0.39, 0.29) is 18.3 Å². The zero-order valence-electron chi connectivity index (χ0n) is 11.8. The van der Waals surface area contributed by atoms with Crippen LogP contribution in [-0.2, 0) is 11.2 Å². The van der Waals surface area contributed by atoms with Crippen molar-refractivity contribution < 1.29 is 9.53 Å². The smallest absolute Gasteiger partial charge is 0.223 e. The van der Waals surface area contributed by atoms with Crippen LogP contribution in [0.5, 0.6) is 5.75 Å². The van der Waals surface area contributed by atoms with Gasteiger partial charge in [0.15, 0.2) is 0 Å². The van der Waals surface area contributed by atoms with E-state index in [4.69, 9.17) is 4.74 Å². The molecule has 1 amide bonds. The van der Waals surface area contributed by atoms with Crippen LogP contribution in [0.2, 0.25) is 0 Å². The number of carbonyl (C=O) groups is 1. The molecule has 1 N–H and O–H groups in total. The summed E-state index contributed by atoms with van der Waals surface area (Å²) in [7, 11) is 5.36. The first kappa shape index (κ1) is 17.7. The molecule has 4 nitrogen and oxygen atoms in total. The molecular formula is C14H23ClN2O2. The van der Waals surface area contributed by atoms with E-state index < -0.39 is 0 Å². The van der Waals surface area contributed by atoms with Crippen LogP contribution in [0.25, 0.3) is 0 Å². The first-order valence-corrected chi connectivity index (χ1v) is 6.19. The van der Waals surface area contributed by atoms with E-state index in [1.807, 2.05) is 38.4 Å². The molecule has 0 fully saturated rings. The van der Waals surface area contributed by atoms with E-state index in [0.717, 1.165) is 24.3 Å². The predicted octanol–water partition coefficient (Wildman–Crippen LogP) is 1.73. The molecule has 5 heteroatoms. The predicted molar refractivity (Wildman–Crippen MR) is 80.1 cm³/mol. The second-order valence-corrected chi connectivity index (χ2v) is 4.23. The number of nitrogens with one attached hydrogen (secondary N) is 1. The lowest BCUT2D eigenvalue weighted by molar-refractivity contribution is -0.129. The lowest BCUT2D eigenvalue weighted by atomic mass is 10.1. The molecule has 108 valence electrons. The van der Waals surface area contributed by atoms with Gasteiger partial charge in [0.25, 0.3) is 0 Å². The van der Waals surface area contributed by atoms with Gasteiger partial charge in [0.2, 0.25) is 5.91 Å². The van der Waals surface area contributed by atoms with Gasteiger partial charge in [0.05, 0.1) is 7.11 Å². The molecule has 0 bridgehead atoms. The number of rotatable bonds is 7. The highest BCUT2D eigenvalue weighted by molar-refractivity contribution is 5.85. The third-order valence-electron chi connectivity index (χ3n) is 2.92. The second kappa shape index (κ2) is 9.64. The normalized spacial score (nSPS) is 9.63. The van der Waals surface area contributed by atoms with Gasteiger partial charge in [-0.3, -0.25) is 4.79 Å². The van der Waals surface area contributed by atoms with E-state index in [1.54, 1.807) is 12.0 Å². The molecule has 0 saturated heterocycles. The van der Waals surface area contributed by atoms with Crippen LogP contribution < -0.4 is 10.1 Å². The molecule has 0 aliphatic carbocycles. The zero-order chi connectivity index (χ0) is 13.4. The molecule has 1 aromatic carbocycles. The van der Waals surface area contributed by atoms with Gasteiger partial charge < -0.3 is 15.0 Å². The highest BCUT2D eigenvalue weighted by Gasteiger charge is 2.09. The largest absolute Gasteiger partial charge is 0.496 e. The number of amides is 1. The highest BCUT2D eigenvalue weighted by Crippen LogP contribution is 2.17. The summed E-state index contributed by atoms with van der Waals surface area (Å²) in [5.41, 5.74) is 1.13. The first-order valence-electron chi connectivity index (χ1n) is 6.19. The number of halogens is 1. The number of methoxy groups -OCH3 is 1. The van der Waals surface area contributed by atoms with Crippen molar-refractivity contribution >= 4 is 18.3 Å². The van der Waals surface area contributed by atoms with E-state index in [2.05, 4.69) is 5.32 Å². The quantitative estimate of drug-likeness (QED) is 0.830. The molecule has 0 aromatic heterocycles. The van der Waals surface area contributed by atoms with Crippen LogP contribution in [0.15, 0.2) is 24.3 Å². The molecule has 0 aliphatic heterocycles. The number of nitrogens with zero attached hydrogens (tertiary/aromatic N) is 1. The summed E-state index contributed by atoms with van der Waals surface area (Å²) in [5, 5.41) is 2.98. The molecular weight excluding hydrogens is 264 g/mol. The average Bonchev–Trinajstić information content (AvgIpc) is 2.42. The Balaban J connectivity index is 0.00000324. The SMILES string of the molecule is CNCCC(=O)N(C)CCc1ccccc1OC.Cl. The second-order valence-electron chi connectivity index (χ2n) is 4.23. The number of hydrogen-bond acceptors (Lipinski definition) is 3. The fourth-order valence-corrected chi connectivity index (χ4v) is 1.75. The van der Waals surface area contributed by atoms with Crippen molar-refractivity contribution in [2.45, 2.75) is 12.8 Å². The topological polar surface area (TPSA) is 41.6 Å². The molecule has 0 aliphatic rings. The number of carbonyl (C=O) groups excluding carboxylic acids is 1. The Hall–Kier alpha value is -1.26. The maximum atomic E-state index is 11.7.